The summed E-state index contributed by atoms with van der Waals surface area (Å²) >= 11 is 1.60. The zero-order valence-corrected chi connectivity index (χ0v) is 14.2. The van der Waals surface area contributed by atoms with Gasteiger partial charge in [0, 0.05) is 31.8 Å². The smallest absolute Gasteiger partial charge is 0.274 e. The molecule has 1 aromatic carbocycles. The Kier molecular flexibility index (Phi) is 4.34. The standard InChI is InChI=1S/C17H22N2O2S/c1-11(2)16(20)19-9-7-13(8-10-19)21-17-18-15-12(3)5-4-6-14(15)22-17/h4-6,11,13H,7-10H2,1-3H3. The number of benzene rings is 1. The molecule has 1 aliphatic rings. The molecule has 2 aromatic rings. The second-order valence-corrected chi connectivity index (χ2v) is 7.19. The Morgan fingerprint density at radius 3 is 2.73 bits per heavy atom. The molecule has 0 radical (unpaired) electrons. The number of piperidine rings is 1. The first-order valence-corrected chi connectivity index (χ1v) is 8.68. The third-order valence-corrected chi connectivity index (χ3v) is 5.03. The molecule has 22 heavy (non-hydrogen) atoms. The maximum Gasteiger partial charge on any atom is 0.274 e. The first kappa shape index (κ1) is 15.3. The summed E-state index contributed by atoms with van der Waals surface area (Å²) in [7, 11) is 0. The number of rotatable bonds is 3. The highest BCUT2D eigenvalue weighted by molar-refractivity contribution is 7.20. The molecule has 1 fully saturated rings. The quantitative estimate of drug-likeness (QED) is 0.868. The lowest BCUT2D eigenvalue weighted by molar-refractivity contribution is -0.136. The van der Waals surface area contributed by atoms with Gasteiger partial charge in [0.2, 0.25) is 5.91 Å². The third kappa shape index (κ3) is 3.09. The largest absolute Gasteiger partial charge is 0.467 e. The summed E-state index contributed by atoms with van der Waals surface area (Å²) in [5.74, 6) is 0.318. The number of nitrogens with zero attached hydrogens (tertiary/aromatic N) is 2. The minimum absolute atomic E-state index is 0.0738. The Bertz CT molecular complexity index is 672. The van der Waals surface area contributed by atoms with Crippen molar-refractivity contribution in [3.8, 4) is 5.19 Å². The molecule has 0 unspecified atom stereocenters. The van der Waals surface area contributed by atoms with Crippen LogP contribution in [-0.4, -0.2) is 35.0 Å². The van der Waals surface area contributed by atoms with Gasteiger partial charge in [-0.2, -0.15) is 0 Å². The zero-order valence-electron chi connectivity index (χ0n) is 13.3. The fourth-order valence-corrected chi connectivity index (χ4v) is 3.78. The Labute approximate surface area is 135 Å². The van der Waals surface area contributed by atoms with E-state index in [0.29, 0.717) is 0 Å². The van der Waals surface area contributed by atoms with Crippen molar-refractivity contribution in [3.63, 3.8) is 0 Å². The highest BCUT2D eigenvalue weighted by Crippen LogP contribution is 2.31. The van der Waals surface area contributed by atoms with Gasteiger partial charge in [0.15, 0.2) is 0 Å². The van der Waals surface area contributed by atoms with Gasteiger partial charge >= 0.3 is 0 Å². The number of fused-ring (bicyclic) bond motifs is 1. The van der Waals surface area contributed by atoms with Crippen molar-refractivity contribution in [3.05, 3.63) is 23.8 Å². The van der Waals surface area contributed by atoms with E-state index in [0.717, 1.165) is 36.6 Å². The van der Waals surface area contributed by atoms with E-state index in [1.54, 1.807) is 11.3 Å². The predicted molar refractivity (Wildman–Crippen MR) is 89.4 cm³/mol. The van der Waals surface area contributed by atoms with Crippen LogP contribution in [0.1, 0.15) is 32.3 Å². The zero-order chi connectivity index (χ0) is 15.7. The van der Waals surface area contributed by atoms with Gasteiger partial charge in [-0.3, -0.25) is 4.79 Å². The topological polar surface area (TPSA) is 42.4 Å². The number of carbonyl (C=O) groups excluding carboxylic acids is 1. The van der Waals surface area contributed by atoms with Crippen LogP contribution in [-0.2, 0) is 4.79 Å². The van der Waals surface area contributed by atoms with Crippen LogP contribution in [0.3, 0.4) is 0 Å². The lowest BCUT2D eigenvalue weighted by Gasteiger charge is -2.32. The third-order valence-electron chi connectivity index (χ3n) is 4.12. The molecule has 1 aliphatic heterocycles. The van der Waals surface area contributed by atoms with Crippen molar-refractivity contribution in [1.82, 2.24) is 9.88 Å². The Hall–Kier alpha value is -1.62. The minimum Gasteiger partial charge on any atom is -0.467 e. The normalized spacial score (nSPS) is 16.5. The van der Waals surface area contributed by atoms with Crippen LogP contribution in [0.2, 0.25) is 0 Å². The number of amides is 1. The summed E-state index contributed by atoms with van der Waals surface area (Å²) in [4.78, 5) is 18.5. The highest BCUT2D eigenvalue weighted by Gasteiger charge is 2.25. The van der Waals surface area contributed by atoms with Crippen molar-refractivity contribution >= 4 is 27.5 Å². The summed E-state index contributed by atoms with van der Waals surface area (Å²) in [6.07, 6.45) is 1.93. The number of aryl methyl sites for hydroxylation is 1. The molecule has 3 rings (SSSR count). The molecule has 1 amide bonds. The Balaban J connectivity index is 1.62. The number of thiazole rings is 1. The average molecular weight is 318 g/mol. The Morgan fingerprint density at radius 2 is 2.09 bits per heavy atom. The fourth-order valence-electron chi connectivity index (χ4n) is 2.82. The molecule has 0 bridgehead atoms. The van der Waals surface area contributed by atoms with E-state index in [4.69, 9.17) is 4.74 Å². The number of likely N-dealkylation sites (tertiary alicyclic amines) is 1. The van der Waals surface area contributed by atoms with Gasteiger partial charge in [-0.25, -0.2) is 4.98 Å². The van der Waals surface area contributed by atoms with E-state index < -0.39 is 0 Å². The first-order valence-electron chi connectivity index (χ1n) is 7.86. The summed E-state index contributed by atoms with van der Waals surface area (Å²) in [5, 5.41) is 0.748. The molecule has 4 nitrogen and oxygen atoms in total. The predicted octanol–water partition coefficient (Wildman–Crippen LogP) is 3.63. The number of aromatic nitrogens is 1. The van der Waals surface area contributed by atoms with Gasteiger partial charge in [0.25, 0.3) is 5.19 Å². The molecule has 0 N–H and O–H groups in total. The summed E-state index contributed by atoms with van der Waals surface area (Å²) < 4.78 is 7.22. The molecule has 1 aromatic heterocycles. The van der Waals surface area contributed by atoms with Crippen molar-refractivity contribution in [2.45, 2.75) is 39.7 Å². The van der Waals surface area contributed by atoms with Crippen molar-refractivity contribution in [2.75, 3.05) is 13.1 Å². The van der Waals surface area contributed by atoms with Gasteiger partial charge < -0.3 is 9.64 Å². The van der Waals surface area contributed by atoms with E-state index in [9.17, 15) is 4.79 Å². The molecule has 118 valence electrons. The number of ether oxygens (including phenoxy) is 1. The van der Waals surface area contributed by atoms with Crippen LogP contribution < -0.4 is 4.74 Å². The van der Waals surface area contributed by atoms with Gasteiger partial charge in [-0.1, -0.05) is 37.3 Å². The van der Waals surface area contributed by atoms with Crippen LogP contribution >= 0.6 is 11.3 Å². The van der Waals surface area contributed by atoms with Crippen molar-refractivity contribution < 1.29 is 9.53 Å². The maximum absolute atomic E-state index is 12.0. The van der Waals surface area contributed by atoms with Gasteiger partial charge in [-0.15, -0.1) is 0 Å². The van der Waals surface area contributed by atoms with E-state index in [2.05, 4.69) is 30.1 Å². The highest BCUT2D eigenvalue weighted by atomic mass is 32.1. The maximum atomic E-state index is 12.0. The van der Waals surface area contributed by atoms with Crippen LogP contribution in [0.25, 0.3) is 10.2 Å². The van der Waals surface area contributed by atoms with E-state index in [1.165, 1.54) is 10.3 Å². The van der Waals surface area contributed by atoms with Crippen LogP contribution in [0.15, 0.2) is 18.2 Å². The van der Waals surface area contributed by atoms with E-state index in [1.807, 2.05) is 18.7 Å². The first-order chi connectivity index (χ1) is 10.5. The van der Waals surface area contributed by atoms with Gasteiger partial charge in [0.1, 0.15) is 6.10 Å². The lowest BCUT2D eigenvalue weighted by Crippen LogP contribution is -2.43. The molecular formula is C17H22N2O2S. The number of hydrogen-bond acceptors (Lipinski definition) is 4. The molecule has 0 atom stereocenters. The molecule has 1 saturated heterocycles. The molecule has 0 saturated carbocycles. The molecule has 0 aliphatic carbocycles. The van der Waals surface area contributed by atoms with Gasteiger partial charge in [0.05, 0.1) is 10.2 Å². The number of para-hydroxylation sites is 1. The SMILES string of the molecule is Cc1cccc2sc(OC3CCN(C(=O)C(C)C)CC3)nc12. The van der Waals surface area contributed by atoms with Crippen LogP contribution in [0, 0.1) is 12.8 Å². The number of carbonyl (C=O) groups is 1. The van der Waals surface area contributed by atoms with Crippen molar-refractivity contribution in [2.24, 2.45) is 5.92 Å². The van der Waals surface area contributed by atoms with Gasteiger partial charge in [-0.05, 0) is 18.6 Å². The molecule has 2 heterocycles. The summed E-state index contributed by atoms with van der Waals surface area (Å²) in [5.41, 5.74) is 2.22. The summed E-state index contributed by atoms with van der Waals surface area (Å²) in [6, 6.07) is 6.20. The molecular weight excluding hydrogens is 296 g/mol. The monoisotopic (exact) mass is 318 g/mol. The Morgan fingerprint density at radius 1 is 1.36 bits per heavy atom. The molecule has 0 spiro atoms. The van der Waals surface area contributed by atoms with E-state index in [-0.39, 0.29) is 17.9 Å². The second-order valence-electron chi connectivity index (χ2n) is 6.20. The summed E-state index contributed by atoms with van der Waals surface area (Å²) in [6.45, 7) is 7.54. The number of hydrogen-bond donors (Lipinski definition) is 0. The van der Waals surface area contributed by atoms with Crippen molar-refractivity contribution in [1.29, 1.82) is 0 Å². The van der Waals surface area contributed by atoms with Crippen LogP contribution in [0.4, 0.5) is 0 Å². The molecule has 5 heteroatoms. The fraction of sp³-hybridized carbons (Fsp3) is 0.529. The average Bonchev–Trinajstić information content (AvgIpc) is 2.91. The second kappa shape index (κ2) is 6.24. The minimum atomic E-state index is 0.0738. The lowest BCUT2D eigenvalue weighted by atomic mass is 10.1. The van der Waals surface area contributed by atoms with E-state index >= 15 is 0 Å². The van der Waals surface area contributed by atoms with Crippen LogP contribution in [0.5, 0.6) is 5.19 Å².